The maximum Gasteiger partial charge on any atom is 0.246 e. The second kappa shape index (κ2) is 11.4. The van der Waals surface area contributed by atoms with Crippen LogP contribution in [-0.2, 0) is 16.1 Å². The molecular formula is C27H31N5O2. The molecule has 1 N–H and O–H groups in total. The molecular weight excluding hydrogens is 426 g/mol. The van der Waals surface area contributed by atoms with Crippen LogP contribution in [0.1, 0.15) is 43.7 Å². The molecule has 34 heavy (non-hydrogen) atoms. The minimum atomic E-state index is -0.0533. The molecule has 0 bridgehead atoms. The molecule has 0 radical (unpaired) electrons. The molecule has 0 spiro atoms. The van der Waals surface area contributed by atoms with Crippen molar-refractivity contribution in [1.82, 2.24) is 25.0 Å². The van der Waals surface area contributed by atoms with Gasteiger partial charge in [0, 0.05) is 61.3 Å². The summed E-state index contributed by atoms with van der Waals surface area (Å²) in [4.78, 5) is 31.0. The Morgan fingerprint density at radius 2 is 2.03 bits per heavy atom. The molecule has 2 amide bonds. The van der Waals surface area contributed by atoms with E-state index in [0.29, 0.717) is 26.1 Å². The number of hydrogen-bond donors (Lipinski definition) is 1. The van der Waals surface area contributed by atoms with Crippen LogP contribution in [0.5, 0.6) is 0 Å². The Labute approximate surface area is 200 Å². The van der Waals surface area contributed by atoms with Crippen LogP contribution in [0.25, 0.3) is 17.3 Å². The Balaban J connectivity index is 1.49. The molecule has 2 aromatic heterocycles. The van der Waals surface area contributed by atoms with Gasteiger partial charge in [0.25, 0.3) is 0 Å². The smallest absolute Gasteiger partial charge is 0.246 e. The maximum atomic E-state index is 13.0. The molecule has 1 fully saturated rings. The molecule has 3 aromatic rings. The summed E-state index contributed by atoms with van der Waals surface area (Å²) in [6.07, 6.45) is 12.0. The summed E-state index contributed by atoms with van der Waals surface area (Å²) < 4.78 is 1.89. The van der Waals surface area contributed by atoms with E-state index in [1.54, 1.807) is 18.5 Å². The van der Waals surface area contributed by atoms with E-state index < -0.39 is 0 Å². The Morgan fingerprint density at radius 1 is 1.18 bits per heavy atom. The van der Waals surface area contributed by atoms with Crippen molar-refractivity contribution in [2.24, 2.45) is 0 Å². The summed E-state index contributed by atoms with van der Waals surface area (Å²) in [6.45, 7) is 3.87. The van der Waals surface area contributed by atoms with Gasteiger partial charge in [-0.3, -0.25) is 19.3 Å². The van der Waals surface area contributed by atoms with Crippen LogP contribution in [-0.4, -0.2) is 50.6 Å². The Morgan fingerprint density at radius 3 is 2.79 bits per heavy atom. The van der Waals surface area contributed by atoms with Gasteiger partial charge in [0.15, 0.2) is 0 Å². The van der Waals surface area contributed by atoms with Crippen LogP contribution in [0.3, 0.4) is 0 Å². The Hall–Kier alpha value is -3.74. The van der Waals surface area contributed by atoms with Crippen molar-refractivity contribution in [3.05, 3.63) is 78.3 Å². The van der Waals surface area contributed by atoms with Gasteiger partial charge in [-0.2, -0.15) is 5.10 Å². The largest absolute Gasteiger partial charge is 0.352 e. The number of nitrogens with zero attached hydrogens (tertiary/aromatic N) is 4. The molecule has 1 aliphatic heterocycles. The molecule has 1 aliphatic rings. The van der Waals surface area contributed by atoms with Crippen LogP contribution < -0.4 is 5.32 Å². The fourth-order valence-corrected chi connectivity index (χ4v) is 4.23. The summed E-state index contributed by atoms with van der Waals surface area (Å²) in [5.74, 6) is 0.00618. The van der Waals surface area contributed by atoms with Crippen molar-refractivity contribution >= 4 is 17.9 Å². The van der Waals surface area contributed by atoms with E-state index in [9.17, 15) is 9.59 Å². The van der Waals surface area contributed by atoms with Crippen molar-refractivity contribution in [2.45, 2.75) is 45.2 Å². The van der Waals surface area contributed by atoms with Gasteiger partial charge in [0.2, 0.25) is 11.8 Å². The summed E-state index contributed by atoms with van der Waals surface area (Å²) in [5.41, 5.74) is 3.70. The summed E-state index contributed by atoms with van der Waals surface area (Å²) in [5, 5.41) is 7.84. The molecule has 0 saturated carbocycles. The lowest BCUT2D eigenvalue weighted by Crippen LogP contribution is -2.49. The van der Waals surface area contributed by atoms with E-state index in [1.807, 2.05) is 59.1 Å². The molecule has 1 saturated heterocycles. The van der Waals surface area contributed by atoms with Gasteiger partial charge in [-0.15, -0.1) is 0 Å². The number of nitrogens with one attached hydrogen (secondary N) is 1. The molecule has 1 unspecified atom stereocenters. The zero-order valence-corrected chi connectivity index (χ0v) is 19.6. The van der Waals surface area contributed by atoms with Crippen LogP contribution in [0, 0.1) is 0 Å². The highest BCUT2D eigenvalue weighted by Crippen LogP contribution is 2.23. The number of piperidine rings is 1. The normalized spacial score (nSPS) is 16.0. The average molecular weight is 458 g/mol. The fraction of sp³-hybridized carbons (Fsp3) is 0.333. The van der Waals surface area contributed by atoms with Gasteiger partial charge in [0.1, 0.15) is 5.69 Å². The van der Waals surface area contributed by atoms with Gasteiger partial charge in [-0.1, -0.05) is 37.3 Å². The minimum Gasteiger partial charge on any atom is -0.352 e. The van der Waals surface area contributed by atoms with E-state index >= 15 is 0 Å². The zero-order chi connectivity index (χ0) is 23.8. The maximum absolute atomic E-state index is 13.0. The predicted octanol–water partition coefficient (Wildman–Crippen LogP) is 3.91. The van der Waals surface area contributed by atoms with E-state index in [-0.39, 0.29) is 17.9 Å². The summed E-state index contributed by atoms with van der Waals surface area (Å²) >= 11 is 0. The molecule has 176 valence electrons. The lowest BCUT2D eigenvalue weighted by Gasteiger charge is -2.32. The summed E-state index contributed by atoms with van der Waals surface area (Å²) in [7, 11) is 0. The van der Waals surface area contributed by atoms with Crippen LogP contribution in [0.15, 0.2) is 67.1 Å². The molecule has 7 heteroatoms. The van der Waals surface area contributed by atoms with Crippen LogP contribution >= 0.6 is 0 Å². The lowest BCUT2D eigenvalue weighted by atomic mass is 10.0. The second-order valence-electron chi connectivity index (χ2n) is 8.63. The first-order valence-corrected chi connectivity index (χ1v) is 11.9. The molecule has 1 aromatic carbocycles. The van der Waals surface area contributed by atoms with Gasteiger partial charge in [0.05, 0.1) is 6.54 Å². The number of aromatic nitrogens is 3. The van der Waals surface area contributed by atoms with Crippen LogP contribution in [0.2, 0.25) is 0 Å². The summed E-state index contributed by atoms with van der Waals surface area (Å²) in [6, 6.07) is 14.0. The monoisotopic (exact) mass is 457 g/mol. The first kappa shape index (κ1) is 23.4. The molecule has 0 aliphatic carbocycles. The number of carbonyl (C=O) groups is 2. The number of amides is 2. The minimum absolute atomic E-state index is 0.0183. The van der Waals surface area contributed by atoms with Crippen molar-refractivity contribution in [3.8, 4) is 11.3 Å². The van der Waals surface area contributed by atoms with E-state index in [1.165, 1.54) is 0 Å². The van der Waals surface area contributed by atoms with E-state index in [0.717, 1.165) is 41.6 Å². The fourth-order valence-electron chi connectivity index (χ4n) is 4.23. The topological polar surface area (TPSA) is 80.1 Å². The number of carbonyl (C=O) groups excluding carboxylic acids is 2. The van der Waals surface area contributed by atoms with Crippen molar-refractivity contribution in [3.63, 3.8) is 0 Å². The van der Waals surface area contributed by atoms with Gasteiger partial charge >= 0.3 is 0 Å². The second-order valence-corrected chi connectivity index (χ2v) is 8.63. The SMILES string of the molecule is CCCC(=O)NC1CCCN(C(=O)/C=C/c2cn(Cc3ccccc3)nc2-c2cccnc2)C1. The average Bonchev–Trinajstić information content (AvgIpc) is 3.26. The molecule has 7 nitrogen and oxygen atoms in total. The molecule has 3 heterocycles. The first-order valence-electron chi connectivity index (χ1n) is 11.9. The van der Waals surface area contributed by atoms with Gasteiger partial charge in [-0.25, -0.2) is 0 Å². The quantitative estimate of drug-likeness (QED) is 0.520. The standard InChI is InChI=1S/C27H31N5O2/c1-2-8-25(33)29-24-12-7-16-31(20-24)26(34)14-13-23-19-32(18-21-9-4-3-5-10-21)30-27(23)22-11-6-15-28-17-22/h3-6,9-11,13-15,17,19,24H,2,7-8,12,16,18,20H2,1H3,(H,29,33)/b14-13+. The van der Waals surface area contributed by atoms with E-state index in [2.05, 4.69) is 22.4 Å². The van der Waals surface area contributed by atoms with Gasteiger partial charge in [-0.05, 0) is 43.0 Å². The number of rotatable bonds is 8. The molecule has 4 rings (SSSR count). The number of pyridine rings is 1. The number of hydrogen-bond acceptors (Lipinski definition) is 4. The molecule has 1 atom stereocenters. The van der Waals surface area contributed by atoms with Gasteiger partial charge < -0.3 is 10.2 Å². The Kier molecular flexibility index (Phi) is 7.86. The highest BCUT2D eigenvalue weighted by Gasteiger charge is 2.23. The van der Waals surface area contributed by atoms with Crippen LogP contribution in [0.4, 0.5) is 0 Å². The van der Waals surface area contributed by atoms with Crippen molar-refractivity contribution in [1.29, 1.82) is 0 Å². The zero-order valence-electron chi connectivity index (χ0n) is 19.6. The number of likely N-dealkylation sites (tertiary alicyclic amines) is 1. The highest BCUT2D eigenvalue weighted by molar-refractivity contribution is 5.93. The third kappa shape index (κ3) is 6.19. The first-order chi connectivity index (χ1) is 16.6. The van der Waals surface area contributed by atoms with Crippen molar-refractivity contribution < 1.29 is 9.59 Å². The van der Waals surface area contributed by atoms with Crippen molar-refractivity contribution in [2.75, 3.05) is 13.1 Å². The number of benzene rings is 1. The Bertz CT molecular complexity index is 1120. The third-order valence-electron chi connectivity index (χ3n) is 5.89. The third-order valence-corrected chi connectivity index (χ3v) is 5.89. The van der Waals surface area contributed by atoms with E-state index in [4.69, 9.17) is 5.10 Å². The highest BCUT2D eigenvalue weighted by atomic mass is 16.2. The lowest BCUT2D eigenvalue weighted by molar-refractivity contribution is -0.129. The predicted molar refractivity (Wildman–Crippen MR) is 133 cm³/mol.